The molecule has 2 aromatic rings. The van der Waals surface area contributed by atoms with Crippen molar-refractivity contribution < 1.29 is 4.52 Å². The zero-order valence-corrected chi connectivity index (χ0v) is 19.6. The molecule has 1 atom stereocenters. The highest BCUT2D eigenvalue weighted by atomic mass is 127. The van der Waals surface area contributed by atoms with Crippen molar-refractivity contribution in [2.24, 2.45) is 4.99 Å². The largest absolute Gasteiger partial charge is 0.347 e. The van der Waals surface area contributed by atoms with E-state index in [9.17, 15) is 0 Å². The Kier molecular flexibility index (Phi) is 8.97. The lowest BCUT2D eigenvalue weighted by Gasteiger charge is -2.27. The van der Waals surface area contributed by atoms with Gasteiger partial charge in [0.15, 0.2) is 5.96 Å². The molecule has 1 unspecified atom stereocenters. The molecule has 0 bridgehead atoms. The van der Waals surface area contributed by atoms with Crippen LogP contribution >= 0.6 is 35.6 Å². The molecule has 154 valence electrons. The minimum absolute atomic E-state index is 0. The number of likely N-dealkylation sites (tertiary alicyclic amines) is 1. The van der Waals surface area contributed by atoms with Crippen molar-refractivity contribution in [2.75, 3.05) is 33.2 Å². The van der Waals surface area contributed by atoms with Gasteiger partial charge in [0.2, 0.25) is 11.7 Å². The molecular weight excluding hydrogens is 491 g/mol. The second-order valence-electron chi connectivity index (χ2n) is 6.53. The molecule has 9 heteroatoms. The lowest BCUT2D eigenvalue weighted by molar-refractivity contribution is 0.223. The summed E-state index contributed by atoms with van der Waals surface area (Å²) in [5, 5.41) is 8.02. The zero-order chi connectivity index (χ0) is 19.2. The van der Waals surface area contributed by atoms with Crippen molar-refractivity contribution in [3.05, 3.63) is 35.2 Å². The lowest BCUT2D eigenvalue weighted by atomic mass is 10.2. The van der Waals surface area contributed by atoms with Gasteiger partial charge < -0.3 is 14.7 Å². The van der Waals surface area contributed by atoms with Gasteiger partial charge in [-0.15, -0.1) is 24.0 Å². The van der Waals surface area contributed by atoms with Crippen LogP contribution in [0.5, 0.6) is 0 Å². The number of hydrogen-bond donors (Lipinski definition) is 1. The van der Waals surface area contributed by atoms with Crippen molar-refractivity contribution in [2.45, 2.75) is 32.9 Å². The van der Waals surface area contributed by atoms with E-state index in [1.165, 1.54) is 0 Å². The summed E-state index contributed by atoms with van der Waals surface area (Å²) < 4.78 is 5.36. The molecule has 1 aromatic heterocycles. The summed E-state index contributed by atoms with van der Waals surface area (Å²) in [7, 11) is 1.80. The lowest BCUT2D eigenvalue weighted by Crippen LogP contribution is -2.43. The molecule has 0 spiro atoms. The minimum atomic E-state index is 0. The van der Waals surface area contributed by atoms with Crippen LogP contribution in [0.25, 0.3) is 11.4 Å². The van der Waals surface area contributed by atoms with Crippen molar-refractivity contribution in [3.63, 3.8) is 0 Å². The predicted molar refractivity (Wildman–Crippen MR) is 123 cm³/mol. The summed E-state index contributed by atoms with van der Waals surface area (Å²) >= 11 is 6.03. The van der Waals surface area contributed by atoms with Gasteiger partial charge in [-0.3, -0.25) is 9.89 Å². The van der Waals surface area contributed by atoms with Gasteiger partial charge in [0, 0.05) is 36.8 Å². The quantitative estimate of drug-likeness (QED) is 0.359. The first-order valence-electron chi connectivity index (χ1n) is 9.42. The van der Waals surface area contributed by atoms with Crippen LogP contribution < -0.4 is 5.32 Å². The fourth-order valence-electron chi connectivity index (χ4n) is 3.53. The number of aliphatic imine (C=N–C) groups is 1. The zero-order valence-electron chi connectivity index (χ0n) is 16.6. The highest BCUT2D eigenvalue weighted by Crippen LogP contribution is 2.20. The third-order valence-corrected chi connectivity index (χ3v) is 5.19. The summed E-state index contributed by atoms with van der Waals surface area (Å²) in [6.07, 6.45) is 1.15. The Bertz CT molecular complexity index is 779. The molecule has 0 saturated carbocycles. The first-order chi connectivity index (χ1) is 13.1. The van der Waals surface area contributed by atoms with E-state index >= 15 is 0 Å². The van der Waals surface area contributed by atoms with Crippen molar-refractivity contribution in [3.8, 4) is 11.4 Å². The average Bonchev–Trinajstić information content (AvgIpc) is 3.34. The number of nitrogens with one attached hydrogen (secondary N) is 1. The van der Waals surface area contributed by atoms with E-state index in [4.69, 9.17) is 16.1 Å². The van der Waals surface area contributed by atoms with Crippen LogP contribution in [0.4, 0.5) is 0 Å². The Balaban J connectivity index is 0.00000280. The van der Waals surface area contributed by atoms with E-state index in [2.05, 4.69) is 44.1 Å². The standard InChI is InChI=1S/C19H27ClN6O.HI/c1-4-25(5-2)16-9-10-26(13-16)19(21-3)22-12-17-23-18(24-27-17)14-7-6-8-15(20)11-14;/h6-8,11,16H,4-5,9-10,12-13H2,1-3H3,(H,21,22);1H. The van der Waals surface area contributed by atoms with Gasteiger partial charge in [-0.1, -0.05) is 42.7 Å². The Morgan fingerprint density at radius 3 is 2.86 bits per heavy atom. The van der Waals surface area contributed by atoms with Crippen LogP contribution in [0.3, 0.4) is 0 Å². The maximum Gasteiger partial charge on any atom is 0.246 e. The number of likely N-dealkylation sites (N-methyl/N-ethyl adjacent to an activating group) is 1. The molecule has 2 heterocycles. The number of guanidine groups is 1. The molecule has 28 heavy (non-hydrogen) atoms. The maximum absolute atomic E-state index is 6.03. The first-order valence-corrected chi connectivity index (χ1v) is 9.80. The molecule has 1 N–H and O–H groups in total. The topological polar surface area (TPSA) is 69.8 Å². The van der Waals surface area contributed by atoms with Gasteiger partial charge in [0.1, 0.15) is 0 Å². The average molecular weight is 519 g/mol. The van der Waals surface area contributed by atoms with Gasteiger partial charge in [-0.25, -0.2) is 0 Å². The van der Waals surface area contributed by atoms with Crippen LogP contribution in [-0.2, 0) is 6.54 Å². The molecular formula is C19H28ClIN6O. The molecule has 0 amide bonds. The predicted octanol–water partition coefficient (Wildman–Crippen LogP) is 3.50. The Hall–Kier alpha value is -1.39. The van der Waals surface area contributed by atoms with E-state index in [1.807, 2.05) is 24.3 Å². The molecule has 1 saturated heterocycles. The van der Waals surface area contributed by atoms with Crippen molar-refractivity contribution >= 4 is 41.5 Å². The number of nitrogens with zero attached hydrogens (tertiary/aromatic N) is 5. The van der Waals surface area contributed by atoms with Crippen molar-refractivity contribution in [1.82, 2.24) is 25.3 Å². The van der Waals surface area contributed by atoms with E-state index in [-0.39, 0.29) is 24.0 Å². The maximum atomic E-state index is 6.03. The van der Waals surface area contributed by atoms with E-state index < -0.39 is 0 Å². The van der Waals surface area contributed by atoms with Gasteiger partial charge in [0.05, 0.1) is 6.54 Å². The van der Waals surface area contributed by atoms with Crippen LogP contribution in [0.1, 0.15) is 26.2 Å². The second-order valence-corrected chi connectivity index (χ2v) is 6.97. The fraction of sp³-hybridized carbons (Fsp3) is 0.526. The van der Waals surface area contributed by atoms with Crippen LogP contribution in [0.15, 0.2) is 33.8 Å². The molecule has 7 nitrogen and oxygen atoms in total. The SMILES string of the molecule is CCN(CC)C1CCN(C(=NC)NCc2nc(-c3cccc(Cl)c3)no2)C1.I. The minimum Gasteiger partial charge on any atom is -0.347 e. The van der Waals surface area contributed by atoms with Gasteiger partial charge in [-0.2, -0.15) is 4.98 Å². The van der Waals surface area contributed by atoms with Crippen molar-refractivity contribution in [1.29, 1.82) is 0 Å². The summed E-state index contributed by atoms with van der Waals surface area (Å²) in [5.74, 6) is 1.92. The molecule has 1 aromatic carbocycles. The van der Waals surface area contributed by atoms with Gasteiger partial charge in [0.25, 0.3) is 0 Å². The third kappa shape index (κ3) is 5.57. The molecule has 1 fully saturated rings. The van der Waals surface area contributed by atoms with Crippen LogP contribution in [0.2, 0.25) is 5.02 Å². The number of aromatic nitrogens is 2. The van der Waals surface area contributed by atoms with Crippen LogP contribution in [0, 0.1) is 0 Å². The van der Waals surface area contributed by atoms with Gasteiger partial charge >= 0.3 is 0 Å². The number of rotatable bonds is 6. The Morgan fingerprint density at radius 1 is 1.39 bits per heavy atom. The third-order valence-electron chi connectivity index (χ3n) is 4.95. The Morgan fingerprint density at radius 2 is 2.18 bits per heavy atom. The van der Waals surface area contributed by atoms with E-state index in [1.54, 1.807) is 7.05 Å². The molecule has 1 aliphatic rings. The second kappa shape index (κ2) is 11.0. The molecule has 0 radical (unpaired) electrons. The van der Waals surface area contributed by atoms with Gasteiger partial charge in [-0.05, 0) is 31.6 Å². The summed E-state index contributed by atoms with van der Waals surface area (Å²) in [5.41, 5.74) is 0.837. The number of halogens is 2. The normalized spacial score (nSPS) is 17.1. The summed E-state index contributed by atoms with van der Waals surface area (Å²) in [4.78, 5) is 13.6. The highest BCUT2D eigenvalue weighted by molar-refractivity contribution is 14.0. The molecule has 0 aliphatic carbocycles. The first kappa shape index (κ1) is 22.9. The number of hydrogen-bond acceptors (Lipinski definition) is 5. The summed E-state index contributed by atoms with van der Waals surface area (Å²) in [6.45, 7) is 9.01. The van der Waals surface area contributed by atoms with Crippen LogP contribution in [-0.4, -0.2) is 65.2 Å². The fourth-order valence-corrected chi connectivity index (χ4v) is 3.72. The van der Waals surface area contributed by atoms with E-state index in [0.717, 1.165) is 44.1 Å². The van der Waals surface area contributed by atoms with E-state index in [0.29, 0.717) is 29.3 Å². The Labute approximate surface area is 188 Å². The monoisotopic (exact) mass is 518 g/mol. The highest BCUT2D eigenvalue weighted by Gasteiger charge is 2.28. The summed E-state index contributed by atoms with van der Waals surface area (Å²) in [6, 6.07) is 7.99. The smallest absolute Gasteiger partial charge is 0.246 e. The molecule has 3 rings (SSSR count). The number of benzene rings is 1. The molecule has 1 aliphatic heterocycles.